The van der Waals surface area contributed by atoms with E-state index < -0.39 is 11.8 Å². The van der Waals surface area contributed by atoms with Gasteiger partial charge in [0.15, 0.2) is 11.5 Å². The molecule has 0 fully saturated rings. The first-order valence-corrected chi connectivity index (χ1v) is 7.12. The fourth-order valence-electron chi connectivity index (χ4n) is 2.12. The molecular weight excluding hydrogens is 313 g/mol. The third-order valence-corrected chi connectivity index (χ3v) is 3.36. The van der Waals surface area contributed by atoms with Crippen LogP contribution < -0.4 is 9.47 Å². The molecule has 124 valence electrons. The number of carbonyl (C=O) groups is 1. The van der Waals surface area contributed by atoms with Crippen LogP contribution in [0.15, 0.2) is 36.4 Å². The Bertz CT molecular complexity index is 783. The summed E-state index contributed by atoms with van der Waals surface area (Å²) in [5.74, 6) is 0.0393. The Morgan fingerprint density at radius 2 is 1.88 bits per heavy atom. The Labute approximate surface area is 139 Å². The number of halogens is 1. The van der Waals surface area contributed by atoms with Gasteiger partial charge in [0.1, 0.15) is 12.4 Å². The molecule has 2 rings (SSSR count). The van der Waals surface area contributed by atoms with E-state index in [-0.39, 0.29) is 18.6 Å². The molecule has 0 saturated carbocycles. The van der Waals surface area contributed by atoms with Crippen molar-refractivity contribution in [2.24, 2.45) is 0 Å². The molecule has 2 aromatic rings. The highest BCUT2D eigenvalue weighted by molar-refractivity contribution is 5.73. The smallest absolute Gasteiger partial charge is 0.310 e. The van der Waals surface area contributed by atoms with Crippen LogP contribution in [0.25, 0.3) is 0 Å². The first kappa shape index (κ1) is 17.3. The van der Waals surface area contributed by atoms with Crippen molar-refractivity contribution < 1.29 is 23.4 Å². The standard InChI is InChI=1S/C18H16FNO4/c1-22-16-6-4-12(8-17(16)23-2)9-18(21)24-11-14-7-13(10-20)3-5-15(14)19/h3-8H,9,11H2,1-2H3. The molecule has 0 aliphatic carbocycles. The average molecular weight is 329 g/mol. The van der Waals surface area contributed by atoms with Gasteiger partial charge in [0.2, 0.25) is 0 Å². The zero-order valence-corrected chi connectivity index (χ0v) is 13.3. The van der Waals surface area contributed by atoms with Crippen molar-refractivity contribution in [3.63, 3.8) is 0 Å². The van der Waals surface area contributed by atoms with Gasteiger partial charge in [-0.25, -0.2) is 4.39 Å². The minimum Gasteiger partial charge on any atom is -0.493 e. The molecule has 0 bridgehead atoms. The number of rotatable bonds is 6. The maximum atomic E-state index is 13.6. The van der Waals surface area contributed by atoms with Crippen molar-refractivity contribution >= 4 is 5.97 Å². The Hall–Kier alpha value is -3.07. The maximum Gasteiger partial charge on any atom is 0.310 e. The van der Waals surface area contributed by atoms with Crippen LogP contribution in [0.3, 0.4) is 0 Å². The Kier molecular flexibility index (Phi) is 5.74. The van der Waals surface area contributed by atoms with Crippen molar-refractivity contribution in [2.45, 2.75) is 13.0 Å². The highest BCUT2D eigenvalue weighted by Gasteiger charge is 2.11. The predicted octanol–water partition coefficient (Wildman–Crippen LogP) is 3.00. The van der Waals surface area contributed by atoms with Gasteiger partial charge < -0.3 is 14.2 Å². The van der Waals surface area contributed by atoms with Crippen LogP contribution in [0.1, 0.15) is 16.7 Å². The molecule has 0 radical (unpaired) electrons. The number of nitriles is 1. The number of methoxy groups -OCH3 is 2. The second-order valence-corrected chi connectivity index (χ2v) is 4.94. The van der Waals surface area contributed by atoms with Crippen molar-refractivity contribution in [1.82, 2.24) is 0 Å². The van der Waals surface area contributed by atoms with E-state index in [1.54, 1.807) is 18.2 Å². The van der Waals surface area contributed by atoms with E-state index in [9.17, 15) is 9.18 Å². The average Bonchev–Trinajstić information content (AvgIpc) is 2.60. The van der Waals surface area contributed by atoms with E-state index in [1.165, 1.54) is 32.4 Å². The fraction of sp³-hybridized carbons (Fsp3) is 0.222. The van der Waals surface area contributed by atoms with Gasteiger partial charge in [-0.15, -0.1) is 0 Å². The Morgan fingerprint density at radius 3 is 2.54 bits per heavy atom. The topological polar surface area (TPSA) is 68.5 Å². The summed E-state index contributed by atoms with van der Waals surface area (Å²) in [6, 6.07) is 10.9. The number of hydrogen-bond acceptors (Lipinski definition) is 5. The van der Waals surface area contributed by atoms with Gasteiger partial charge in [0.05, 0.1) is 32.3 Å². The number of benzene rings is 2. The lowest BCUT2D eigenvalue weighted by molar-refractivity contribution is -0.144. The van der Waals surface area contributed by atoms with Crippen LogP contribution >= 0.6 is 0 Å². The summed E-state index contributed by atoms with van der Waals surface area (Å²) in [5.41, 5.74) is 1.15. The molecule has 6 heteroatoms. The van der Waals surface area contributed by atoms with Gasteiger partial charge in [0, 0.05) is 5.56 Å². The van der Waals surface area contributed by atoms with Gasteiger partial charge in [-0.1, -0.05) is 6.07 Å². The lowest BCUT2D eigenvalue weighted by atomic mass is 10.1. The molecule has 24 heavy (non-hydrogen) atoms. The molecule has 0 aromatic heterocycles. The Balaban J connectivity index is 2.00. The SMILES string of the molecule is COc1ccc(CC(=O)OCc2cc(C#N)ccc2F)cc1OC. The molecule has 0 heterocycles. The van der Waals surface area contributed by atoms with Crippen molar-refractivity contribution in [2.75, 3.05) is 14.2 Å². The molecule has 0 unspecified atom stereocenters. The summed E-state index contributed by atoms with van der Waals surface area (Å²) >= 11 is 0. The first-order valence-electron chi connectivity index (χ1n) is 7.12. The molecule has 0 saturated heterocycles. The summed E-state index contributed by atoms with van der Waals surface area (Å²) in [7, 11) is 3.03. The number of ether oxygens (including phenoxy) is 3. The van der Waals surface area contributed by atoms with E-state index in [4.69, 9.17) is 19.5 Å². The van der Waals surface area contributed by atoms with E-state index in [1.807, 2.05) is 6.07 Å². The second kappa shape index (κ2) is 7.97. The lowest BCUT2D eigenvalue weighted by Crippen LogP contribution is -2.09. The summed E-state index contributed by atoms with van der Waals surface area (Å²) < 4.78 is 29.0. The van der Waals surface area contributed by atoms with Crippen molar-refractivity contribution in [3.05, 3.63) is 58.9 Å². The van der Waals surface area contributed by atoms with Crippen LogP contribution in [0.2, 0.25) is 0 Å². The van der Waals surface area contributed by atoms with Crippen molar-refractivity contribution in [1.29, 1.82) is 5.26 Å². The van der Waals surface area contributed by atoms with Crippen molar-refractivity contribution in [3.8, 4) is 17.6 Å². The lowest BCUT2D eigenvalue weighted by Gasteiger charge is -2.10. The number of hydrogen-bond donors (Lipinski definition) is 0. The van der Waals surface area contributed by atoms with E-state index in [0.29, 0.717) is 22.6 Å². The van der Waals surface area contributed by atoms with E-state index in [0.717, 1.165) is 0 Å². The predicted molar refractivity (Wildman–Crippen MR) is 84.2 cm³/mol. The van der Waals surface area contributed by atoms with Crippen LogP contribution in [-0.4, -0.2) is 20.2 Å². The molecular formula is C18H16FNO4. The maximum absolute atomic E-state index is 13.6. The monoisotopic (exact) mass is 329 g/mol. The van der Waals surface area contributed by atoms with E-state index in [2.05, 4.69) is 0 Å². The highest BCUT2D eigenvalue weighted by Crippen LogP contribution is 2.27. The van der Waals surface area contributed by atoms with Crippen LogP contribution in [0.4, 0.5) is 4.39 Å². The quantitative estimate of drug-likeness (QED) is 0.762. The molecule has 0 spiro atoms. The van der Waals surface area contributed by atoms with Gasteiger partial charge in [0.25, 0.3) is 0 Å². The summed E-state index contributed by atoms with van der Waals surface area (Å²) in [4.78, 5) is 11.9. The van der Waals surface area contributed by atoms with Crippen LogP contribution in [0.5, 0.6) is 11.5 Å². The molecule has 0 amide bonds. The van der Waals surface area contributed by atoms with Gasteiger partial charge >= 0.3 is 5.97 Å². The third kappa shape index (κ3) is 4.23. The second-order valence-electron chi connectivity index (χ2n) is 4.94. The molecule has 0 aliphatic rings. The van der Waals surface area contributed by atoms with Gasteiger partial charge in [-0.3, -0.25) is 4.79 Å². The largest absolute Gasteiger partial charge is 0.493 e. The molecule has 2 aromatic carbocycles. The molecule has 5 nitrogen and oxygen atoms in total. The third-order valence-electron chi connectivity index (χ3n) is 3.36. The van der Waals surface area contributed by atoms with Crippen LogP contribution in [-0.2, 0) is 22.6 Å². The number of esters is 1. The first-order chi connectivity index (χ1) is 11.6. The molecule has 0 atom stereocenters. The number of carbonyl (C=O) groups excluding carboxylic acids is 1. The van der Waals surface area contributed by atoms with Gasteiger partial charge in [-0.2, -0.15) is 5.26 Å². The molecule has 0 aliphatic heterocycles. The summed E-state index contributed by atoms with van der Waals surface area (Å²) in [5, 5.41) is 8.82. The minimum absolute atomic E-state index is 0.0138. The zero-order chi connectivity index (χ0) is 17.5. The van der Waals surface area contributed by atoms with Gasteiger partial charge in [-0.05, 0) is 35.9 Å². The highest BCUT2D eigenvalue weighted by atomic mass is 19.1. The zero-order valence-electron chi connectivity index (χ0n) is 13.3. The summed E-state index contributed by atoms with van der Waals surface area (Å²) in [6.45, 7) is -0.229. The minimum atomic E-state index is -0.520. The normalized spacial score (nSPS) is 9.92. The Morgan fingerprint density at radius 1 is 1.12 bits per heavy atom. The van der Waals surface area contributed by atoms with Crippen LogP contribution in [0, 0.1) is 17.1 Å². The molecule has 0 N–H and O–H groups in total. The summed E-state index contributed by atoms with van der Waals surface area (Å²) in [6.07, 6.45) is 0.0138. The van der Waals surface area contributed by atoms with E-state index >= 15 is 0 Å². The fourth-order valence-corrected chi connectivity index (χ4v) is 2.12. The number of nitrogens with zero attached hydrogens (tertiary/aromatic N) is 1.